The number of carbonyl (C=O) groups excluding carboxylic acids is 2. The Kier molecular flexibility index (Phi) is 13.7. The summed E-state index contributed by atoms with van der Waals surface area (Å²) >= 11 is 1.75. The van der Waals surface area contributed by atoms with Gasteiger partial charge in [0.2, 0.25) is 0 Å². The quantitative estimate of drug-likeness (QED) is 0.186. The molecule has 0 bridgehead atoms. The van der Waals surface area contributed by atoms with Crippen LogP contribution in [0.1, 0.15) is 32.8 Å². The average Bonchev–Trinajstić information content (AvgIpc) is 2.92. The molecular formula is C31H47N3O6S. The lowest BCUT2D eigenvalue weighted by Crippen LogP contribution is -2.46. The Balaban J connectivity index is 1.59. The van der Waals surface area contributed by atoms with Crippen LogP contribution in [0.4, 0.5) is 0 Å². The number of thioether (sulfide) groups is 1. The first-order chi connectivity index (χ1) is 19.7. The topological polar surface area (TPSA) is 89.6 Å². The first-order valence-corrected chi connectivity index (χ1v) is 15.4. The van der Waals surface area contributed by atoms with Gasteiger partial charge in [-0.15, -0.1) is 11.8 Å². The summed E-state index contributed by atoms with van der Waals surface area (Å²) in [6.07, 6.45) is 0.394. The van der Waals surface area contributed by atoms with Gasteiger partial charge in [0.1, 0.15) is 6.10 Å². The smallest absolute Gasteiger partial charge is 0.336 e. The lowest BCUT2D eigenvalue weighted by atomic mass is 9.87. The average molecular weight is 590 g/mol. The molecule has 2 aliphatic rings. The number of nitrogens with zero attached hydrogens (tertiary/aromatic N) is 2. The summed E-state index contributed by atoms with van der Waals surface area (Å²) in [5.41, 5.74) is 3.56. The minimum Gasteiger partial charge on any atom is -0.462 e. The van der Waals surface area contributed by atoms with Crippen molar-refractivity contribution in [2.45, 2.75) is 45.1 Å². The molecule has 2 aliphatic heterocycles. The second kappa shape index (κ2) is 16.9. The molecule has 1 aromatic rings. The van der Waals surface area contributed by atoms with E-state index in [-0.39, 0.29) is 6.10 Å². The largest absolute Gasteiger partial charge is 0.462 e. The number of rotatable bonds is 15. The van der Waals surface area contributed by atoms with E-state index in [1.165, 1.54) is 10.5 Å². The van der Waals surface area contributed by atoms with E-state index >= 15 is 0 Å². The van der Waals surface area contributed by atoms with Crippen molar-refractivity contribution in [1.29, 1.82) is 0 Å². The van der Waals surface area contributed by atoms with Gasteiger partial charge in [0.05, 0.1) is 37.6 Å². The number of ether oxygens (including phenoxy) is 4. The van der Waals surface area contributed by atoms with E-state index in [1.807, 2.05) is 33.9 Å². The number of hydrogen-bond acceptors (Lipinski definition) is 10. The number of hydrogen-bond donors (Lipinski definition) is 1. The maximum Gasteiger partial charge on any atom is 0.336 e. The number of methoxy groups -OCH3 is 1. The van der Waals surface area contributed by atoms with Crippen molar-refractivity contribution in [2.24, 2.45) is 5.92 Å². The summed E-state index contributed by atoms with van der Waals surface area (Å²) in [5.74, 6) is -0.408. The van der Waals surface area contributed by atoms with Crippen molar-refractivity contribution in [3.63, 3.8) is 0 Å². The highest BCUT2D eigenvalue weighted by atomic mass is 32.2. The molecule has 10 heteroatoms. The predicted octanol–water partition coefficient (Wildman–Crippen LogP) is 3.63. The van der Waals surface area contributed by atoms with Crippen molar-refractivity contribution in [3.8, 4) is 0 Å². The predicted molar refractivity (Wildman–Crippen MR) is 162 cm³/mol. The van der Waals surface area contributed by atoms with Gasteiger partial charge in [0.25, 0.3) is 0 Å². The van der Waals surface area contributed by atoms with Gasteiger partial charge in [-0.05, 0) is 46.4 Å². The van der Waals surface area contributed by atoms with Crippen LogP contribution in [0.5, 0.6) is 0 Å². The fourth-order valence-electron chi connectivity index (χ4n) is 5.17. The van der Waals surface area contributed by atoms with E-state index in [9.17, 15) is 9.59 Å². The Bertz CT molecular complexity index is 1090. The molecule has 0 saturated carbocycles. The molecule has 2 atom stereocenters. The highest BCUT2D eigenvalue weighted by molar-refractivity contribution is 7.99. The van der Waals surface area contributed by atoms with Crippen molar-refractivity contribution in [1.82, 2.24) is 15.1 Å². The molecule has 0 aromatic heterocycles. The number of morpholine rings is 1. The molecule has 0 amide bonds. The van der Waals surface area contributed by atoms with Crippen LogP contribution in [0.15, 0.2) is 51.7 Å². The number of allylic oxidation sites excluding steroid dienone is 2. The van der Waals surface area contributed by atoms with E-state index in [0.29, 0.717) is 62.1 Å². The molecule has 1 saturated heterocycles. The summed E-state index contributed by atoms with van der Waals surface area (Å²) < 4.78 is 22.5. The molecule has 1 fully saturated rings. The third kappa shape index (κ3) is 10.4. The van der Waals surface area contributed by atoms with E-state index in [4.69, 9.17) is 18.9 Å². The Labute approximate surface area is 249 Å². The van der Waals surface area contributed by atoms with Crippen molar-refractivity contribution in [3.05, 3.63) is 52.4 Å². The summed E-state index contributed by atoms with van der Waals surface area (Å²) in [6, 6.07) is 8.37. The molecule has 0 aliphatic carbocycles. The zero-order valence-electron chi connectivity index (χ0n) is 25.5. The van der Waals surface area contributed by atoms with Crippen LogP contribution >= 0.6 is 11.8 Å². The van der Waals surface area contributed by atoms with E-state index < -0.39 is 17.9 Å². The highest BCUT2D eigenvalue weighted by Gasteiger charge is 2.35. The summed E-state index contributed by atoms with van der Waals surface area (Å²) in [5, 5.41) is 3.22. The second-order valence-electron chi connectivity index (χ2n) is 10.8. The zero-order chi connectivity index (χ0) is 29.8. The van der Waals surface area contributed by atoms with Crippen molar-refractivity contribution >= 4 is 23.7 Å². The number of likely N-dealkylation sites (N-methyl/N-ethyl adjacent to an activating group) is 1. The molecule has 2 heterocycles. The molecule has 0 radical (unpaired) electrons. The summed E-state index contributed by atoms with van der Waals surface area (Å²) in [7, 11) is 3.67. The molecule has 0 spiro atoms. The number of dihydropyridines is 1. The van der Waals surface area contributed by atoms with Crippen molar-refractivity contribution in [2.75, 3.05) is 79.1 Å². The number of aryl methyl sites for hydroxylation is 1. The van der Waals surface area contributed by atoms with E-state index in [2.05, 4.69) is 40.2 Å². The van der Waals surface area contributed by atoms with Gasteiger partial charge in [-0.25, -0.2) is 9.59 Å². The van der Waals surface area contributed by atoms with Crippen LogP contribution in [-0.2, 0) is 28.5 Å². The minimum atomic E-state index is -0.451. The van der Waals surface area contributed by atoms with Crippen LogP contribution in [0, 0.1) is 12.8 Å². The second-order valence-corrected chi connectivity index (χ2v) is 11.9. The number of benzene rings is 1. The van der Waals surface area contributed by atoms with E-state index in [0.717, 1.165) is 31.8 Å². The SMILES string of the molecule is COCCN(C)CC(CN1CCOCC1)OC(=O)C1=C(C)NC(C)=C(C(=O)OCCCSc2cccc(C)c2)C1C. The molecule has 9 nitrogen and oxygen atoms in total. The van der Waals surface area contributed by atoms with Crippen LogP contribution < -0.4 is 5.32 Å². The van der Waals surface area contributed by atoms with Gasteiger partial charge in [-0.2, -0.15) is 0 Å². The molecular weight excluding hydrogens is 542 g/mol. The number of carbonyl (C=O) groups is 2. The Morgan fingerprint density at radius 3 is 2.51 bits per heavy atom. The third-order valence-electron chi connectivity index (χ3n) is 7.30. The monoisotopic (exact) mass is 589 g/mol. The van der Waals surface area contributed by atoms with Crippen LogP contribution in [0.3, 0.4) is 0 Å². The van der Waals surface area contributed by atoms with Crippen LogP contribution in [-0.4, -0.2) is 107 Å². The van der Waals surface area contributed by atoms with Gasteiger partial charge in [-0.3, -0.25) is 4.90 Å². The fraction of sp³-hybridized carbons (Fsp3) is 0.613. The van der Waals surface area contributed by atoms with Gasteiger partial charge in [0, 0.05) is 67.8 Å². The maximum absolute atomic E-state index is 13.6. The summed E-state index contributed by atoms with van der Waals surface area (Å²) in [4.78, 5) is 32.4. The van der Waals surface area contributed by atoms with Crippen LogP contribution in [0.25, 0.3) is 0 Å². The van der Waals surface area contributed by atoms with Crippen LogP contribution in [0.2, 0.25) is 0 Å². The highest BCUT2D eigenvalue weighted by Crippen LogP contribution is 2.31. The Morgan fingerprint density at radius 2 is 1.83 bits per heavy atom. The molecule has 1 N–H and O–H groups in total. The van der Waals surface area contributed by atoms with Gasteiger partial charge in [-0.1, -0.05) is 24.6 Å². The molecule has 2 unspecified atom stereocenters. The molecule has 228 valence electrons. The van der Waals surface area contributed by atoms with Crippen molar-refractivity contribution < 1.29 is 28.5 Å². The first kappa shape index (κ1) is 33.1. The molecule has 1 aromatic carbocycles. The normalized spacial score (nSPS) is 18.9. The number of nitrogens with one attached hydrogen (secondary N) is 1. The van der Waals surface area contributed by atoms with Gasteiger partial charge >= 0.3 is 11.9 Å². The van der Waals surface area contributed by atoms with Gasteiger partial charge < -0.3 is 29.2 Å². The zero-order valence-corrected chi connectivity index (χ0v) is 26.3. The number of esters is 2. The maximum atomic E-state index is 13.6. The van der Waals surface area contributed by atoms with E-state index in [1.54, 1.807) is 18.9 Å². The minimum absolute atomic E-state index is 0.319. The fourth-order valence-corrected chi connectivity index (χ4v) is 6.11. The Hall–Kier alpha value is -2.37. The Morgan fingerprint density at radius 1 is 1.12 bits per heavy atom. The summed E-state index contributed by atoms with van der Waals surface area (Å²) in [6.45, 7) is 13.4. The lowest BCUT2D eigenvalue weighted by Gasteiger charge is -2.33. The van der Waals surface area contributed by atoms with Gasteiger partial charge in [0.15, 0.2) is 0 Å². The lowest BCUT2D eigenvalue weighted by molar-refractivity contribution is -0.147. The third-order valence-corrected chi connectivity index (χ3v) is 8.38. The first-order valence-electron chi connectivity index (χ1n) is 14.4. The standard InChI is InChI=1S/C31H47N3O6S/c1-22-9-7-10-27(19-22)41-18-8-14-39-30(35)28-23(2)29(25(4)32-24(28)3)31(36)40-26(20-33(5)11-15-37-6)21-34-12-16-38-17-13-34/h7,9-10,19,23,26,32H,8,11-18,20-21H2,1-6H3. The molecule has 3 rings (SSSR count). The molecule has 41 heavy (non-hydrogen) atoms.